The first-order valence-corrected chi connectivity index (χ1v) is 21.6. The quantitative estimate of drug-likeness (QED) is 0.0738. The van der Waals surface area contributed by atoms with Gasteiger partial charge >= 0.3 is 5.97 Å². The number of hydrogen-bond acceptors (Lipinski definition) is 13. The van der Waals surface area contributed by atoms with E-state index in [0.717, 1.165) is 27.8 Å². The van der Waals surface area contributed by atoms with Gasteiger partial charge in [0.1, 0.15) is 55.4 Å². The fourth-order valence-electron chi connectivity index (χ4n) is 8.07. The van der Waals surface area contributed by atoms with Crippen LogP contribution < -0.4 is 0 Å². The number of fused-ring (bicyclic) bond motifs is 1. The highest BCUT2D eigenvalue weighted by Gasteiger charge is 2.56. The third-order valence-corrected chi connectivity index (χ3v) is 11.3. The lowest BCUT2D eigenvalue weighted by atomic mass is 9.95. The van der Waals surface area contributed by atoms with Gasteiger partial charge in [-0.1, -0.05) is 152 Å². The second-order valence-corrected chi connectivity index (χ2v) is 15.7. The first-order valence-electron chi connectivity index (χ1n) is 21.6. The highest BCUT2D eigenvalue weighted by Crippen LogP contribution is 2.40. The van der Waals surface area contributed by atoms with Crippen LogP contribution in [0, 0.1) is 0 Å². The van der Waals surface area contributed by atoms with E-state index in [1.54, 1.807) is 7.11 Å². The van der Waals surface area contributed by atoms with Gasteiger partial charge in [-0.05, 0) is 22.3 Å². The SMILES string of the molecule is COC(=O)COC[C@H]1O[C@@H](OC)[C@H](OCc2ccccc2)[C@@H](OCc2ccccc2)[C@@H]1O[C@@H]1O[C@@H]2CO[C@H](c3ccccc3)O[C@@H]2[C@H](OCc2ccccc2)[C@H]1OCc1ccccc1. The summed E-state index contributed by atoms with van der Waals surface area (Å²) in [7, 11) is 2.85. The molecule has 0 amide bonds. The molecule has 3 saturated heterocycles. The van der Waals surface area contributed by atoms with Crippen molar-refractivity contribution in [2.75, 3.05) is 34.0 Å². The van der Waals surface area contributed by atoms with Gasteiger partial charge in [-0.3, -0.25) is 0 Å². The van der Waals surface area contributed by atoms with Gasteiger partial charge in [0.2, 0.25) is 0 Å². The van der Waals surface area contributed by atoms with Crippen molar-refractivity contribution in [2.24, 2.45) is 0 Å². The number of hydrogen-bond donors (Lipinski definition) is 0. The summed E-state index contributed by atoms with van der Waals surface area (Å²) in [5, 5.41) is 0. The molecular formula is C51H56O13. The van der Waals surface area contributed by atoms with Crippen LogP contribution in [0.15, 0.2) is 152 Å². The molecule has 0 aromatic heterocycles. The summed E-state index contributed by atoms with van der Waals surface area (Å²) in [6.45, 7) is 0.679. The minimum Gasteiger partial charge on any atom is -0.467 e. The summed E-state index contributed by atoms with van der Waals surface area (Å²) in [6, 6.07) is 49.2. The van der Waals surface area contributed by atoms with Gasteiger partial charge in [0.05, 0.1) is 46.8 Å². The smallest absolute Gasteiger partial charge is 0.331 e. The van der Waals surface area contributed by atoms with E-state index in [2.05, 4.69) is 0 Å². The number of carbonyl (C=O) groups excluding carboxylic acids is 1. The van der Waals surface area contributed by atoms with Crippen LogP contribution in [0.5, 0.6) is 0 Å². The average molecular weight is 877 g/mol. The Hall–Kier alpha value is -4.87. The number of carbonyl (C=O) groups is 1. The summed E-state index contributed by atoms with van der Waals surface area (Å²) in [4.78, 5) is 12.3. The fourth-order valence-corrected chi connectivity index (χ4v) is 8.07. The van der Waals surface area contributed by atoms with Crippen LogP contribution in [0.3, 0.4) is 0 Å². The largest absolute Gasteiger partial charge is 0.467 e. The zero-order valence-corrected chi connectivity index (χ0v) is 36.0. The van der Waals surface area contributed by atoms with Gasteiger partial charge in [-0.2, -0.15) is 0 Å². The Kier molecular flexibility index (Phi) is 16.7. The summed E-state index contributed by atoms with van der Waals surface area (Å²) < 4.78 is 78.0. The molecule has 0 saturated carbocycles. The van der Waals surface area contributed by atoms with E-state index >= 15 is 0 Å². The van der Waals surface area contributed by atoms with E-state index in [-0.39, 0.29) is 46.2 Å². The van der Waals surface area contributed by atoms with Gasteiger partial charge in [0, 0.05) is 12.7 Å². The van der Waals surface area contributed by atoms with Crippen molar-refractivity contribution in [2.45, 2.75) is 94.1 Å². The van der Waals surface area contributed by atoms with Crippen LogP contribution in [0.2, 0.25) is 0 Å². The van der Waals surface area contributed by atoms with Crippen molar-refractivity contribution in [3.8, 4) is 0 Å². The van der Waals surface area contributed by atoms with Crippen LogP contribution in [0.1, 0.15) is 34.1 Å². The Labute approximate surface area is 374 Å². The molecule has 64 heavy (non-hydrogen) atoms. The number of ether oxygens (including phenoxy) is 12. The van der Waals surface area contributed by atoms with E-state index in [0.29, 0.717) is 0 Å². The molecule has 8 rings (SSSR count). The first-order chi connectivity index (χ1) is 31.6. The molecule has 0 radical (unpaired) electrons. The van der Waals surface area contributed by atoms with Crippen molar-refractivity contribution in [3.05, 3.63) is 179 Å². The van der Waals surface area contributed by atoms with Crippen LogP contribution >= 0.6 is 0 Å². The van der Waals surface area contributed by atoms with Gasteiger partial charge in [0.15, 0.2) is 18.9 Å². The number of benzene rings is 5. The molecule has 3 fully saturated rings. The molecule has 3 heterocycles. The molecule has 13 heteroatoms. The lowest BCUT2D eigenvalue weighted by molar-refractivity contribution is -0.396. The lowest BCUT2D eigenvalue weighted by Gasteiger charge is -2.51. The third kappa shape index (κ3) is 12.1. The van der Waals surface area contributed by atoms with Crippen molar-refractivity contribution in [1.82, 2.24) is 0 Å². The van der Waals surface area contributed by atoms with Crippen LogP contribution in [-0.4, -0.2) is 101 Å². The normalized spacial score (nSPS) is 27.9. The van der Waals surface area contributed by atoms with Crippen molar-refractivity contribution in [3.63, 3.8) is 0 Å². The molecule has 0 aliphatic carbocycles. The van der Waals surface area contributed by atoms with Gasteiger partial charge in [0.25, 0.3) is 0 Å². The predicted molar refractivity (Wildman–Crippen MR) is 232 cm³/mol. The molecule has 5 aromatic rings. The number of esters is 1. The molecule has 0 bridgehead atoms. The highest BCUT2D eigenvalue weighted by molar-refractivity contribution is 5.70. The molecule has 0 N–H and O–H groups in total. The molecule has 0 spiro atoms. The van der Waals surface area contributed by atoms with Gasteiger partial charge in [-0.25, -0.2) is 4.79 Å². The predicted octanol–water partition coefficient (Wildman–Crippen LogP) is 7.11. The Bertz CT molecular complexity index is 2100. The maximum Gasteiger partial charge on any atom is 0.331 e. The molecule has 3 aliphatic rings. The Balaban J connectivity index is 1.16. The summed E-state index contributed by atoms with van der Waals surface area (Å²) in [5.41, 5.74) is 4.65. The monoisotopic (exact) mass is 876 g/mol. The molecule has 5 aromatic carbocycles. The minimum atomic E-state index is -1.10. The maximum atomic E-state index is 12.3. The second-order valence-electron chi connectivity index (χ2n) is 15.7. The van der Waals surface area contributed by atoms with Crippen molar-refractivity contribution >= 4 is 5.97 Å². The summed E-state index contributed by atoms with van der Waals surface area (Å²) in [6.07, 6.45) is -9.01. The van der Waals surface area contributed by atoms with Gasteiger partial charge in [-0.15, -0.1) is 0 Å². The Morgan fingerprint density at radius 2 is 1.00 bits per heavy atom. The van der Waals surface area contributed by atoms with Crippen molar-refractivity contribution < 1.29 is 61.6 Å². The fraction of sp³-hybridized carbons (Fsp3) is 0.392. The zero-order valence-electron chi connectivity index (χ0n) is 36.0. The Morgan fingerprint density at radius 1 is 0.531 bits per heavy atom. The van der Waals surface area contributed by atoms with Crippen molar-refractivity contribution in [1.29, 1.82) is 0 Å². The average Bonchev–Trinajstić information content (AvgIpc) is 3.35. The molecule has 11 atom stereocenters. The standard InChI is InChI=1S/C51H56O13/c1-53-42(52)34-55-32-40-43(45(56-28-35-18-8-3-9-19-35)47(50(54-2)61-40)58-30-37-22-12-5-13-23-37)64-51-48(59-31-38-24-14-6-15-25-38)46(57-29-36-20-10-4-11-21-36)44-41(62-51)33-60-49(63-44)39-26-16-7-17-27-39/h3-27,40-41,43-51H,28-34H2,1-2H3/t40-,41-,43-,44+,45+,46+,47-,48-,49+,50-,51+/m1/s1. The minimum absolute atomic E-state index is 0.0938. The molecule has 338 valence electrons. The number of methoxy groups -OCH3 is 2. The van der Waals surface area contributed by atoms with E-state index in [1.807, 2.05) is 152 Å². The first kappa shape index (κ1) is 45.7. The summed E-state index contributed by atoms with van der Waals surface area (Å²) in [5.74, 6) is -0.543. The molecular weight excluding hydrogens is 821 g/mol. The second kappa shape index (κ2) is 23.4. The lowest BCUT2D eigenvalue weighted by Crippen LogP contribution is -2.67. The van der Waals surface area contributed by atoms with E-state index < -0.39 is 73.7 Å². The van der Waals surface area contributed by atoms with Gasteiger partial charge < -0.3 is 56.8 Å². The van der Waals surface area contributed by atoms with E-state index in [1.165, 1.54) is 7.11 Å². The van der Waals surface area contributed by atoms with Crippen LogP contribution in [0.25, 0.3) is 0 Å². The van der Waals surface area contributed by atoms with E-state index in [9.17, 15) is 4.79 Å². The molecule has 13 nitrogen and oxygen atoms in total. The third-order valence-electron chi connectivity index (χ3n) is 11.3. The Morgan fingerprint density at radius 3 is 1.50 bits per heavy atom. The van der Waals surface area contributed by atoms with Crippen LogP contribution in [0.4, 0.5) is 0 Å². The molecule has 0 unspecified atom stereocenters. The topological polar surface area (TPSA) is 128 Å². The molecule has 3 aliphatic heterocycles. The zero-order chi connectivity index (χ0) is 43.9. The maximum absolute atomic E-state index is 12.3. The summed E-state index contributed by atoms with van der Waals surface area (Å²) >= 11 is 0. The van der Waals surface area contributed by atoms with E-state index in [4.69, 9.17) is 56.8 Å². The van der Waals surface area contributed by atoms with Crippen LogP contribution in [-0.2, 0) is 88.1 Å². The number of rotatable bonds is 20. The highest BCUT2D eigenvalue weighted by atomic mass is 16.8.